The summed E-state index contributed by atoms with van der Waals surface area (Å²) < 4.78 is 41.0. The predicted octanol–water partition coefficient (Wildman–Crippen LogP) is 4.20. The third-order valence-electron chi connectivity index (χ3n) is 4.70. The van der Waals surface area contributed by atoms with Crippen LogP contribution in [-0.4, -0.2) is 31.7 Å². The fourth-order valence-electron chi connectivity index (χ4n) is 3.13. The van der Waals surface area contributed by atoms with Gasteiger partial charge in [-0.1, -0.05) is 30.2 Å². The van der Waals surface area contributed by atoms with Crippen molar-refractivity contribution in [2.75, 3.05) is 18.4 Å². The van der Waals surface area contributed by atoms with Crippen LogP contribution in [0.5, 0.6) is 0 Å². The van der Waals surface area contributed by atoms with Crippen LogP contribution < -0.4 is 5.32 Å². The van der Waals surface area contributed by atoms with Crippen LogP contribution in [-0.2, 0) is 14.8 Å². The van der Waals surface area contributed by atoms with E-state index in [1.54, 1.807) is 6.07 Å². The first kappa shape index (κ1) is 22.0. The Morgan fingerprint density at radius 3 is 2.53 bits per heavy atom. The van der Waals surface area contributed by atoms with Crippen LogP contribution in [0.4, 0.5) is 10.1 Å². The van der Waals surface area contributed by atoms with Crippen molar-refractivity contribution in [3.63, 3.8) is 0 Å². The maximum absolute atomic E-state index is 14.0. The molecule has 1 amide bonds. The van der Waals surface area contributed by atoms with E-state index in [4.69, 9.17) is 11.6 Å². The molecule has 1 aliphatic heterocycles. The lowest BCUT2D eigenvalue weighted by molar-refractivity contribution is -0.112. The van der Waals surface area contributed by atoms with Crippen molar-refractivity contribution in [1.29, 1.82) is 5.26 Å². The number of carbonyl (C=O) groups is 1. The first-order valence-electron chi connectivity index (χ1n) is 9.30. The fourth-order valence-corrected chi connectivity index (χ4v) is 4.91. The number of amides is 1. The smallest absolute Gasteiger partial charge is 0.266 e. The summed E-state index contributed by atoms with van der Waals surface area (Å²) in [6.07, 6.45) is 3.67. The highest BCUT2D eigenvalue weighted by atomic mass is 35.5. The van der Waals surface area contributed by atoms with Gasteiger partial charge < -0.3 is 5.32 Å². The lowest BCUT2D eigenvalue weighted by Gasteiger charge is -2.26. The molecule has 30 heavy (non-hydrogen) atoms. The van der Waals surface area contributed by atoms with Crippen LogP contribution in [0.2, 0.25) is 5.02 Å². The van der Waals surface area contributed by atoms with Crippen molar-refractivity contribution in [2.45, 2.75) is 24.2 Å². The average Bonchev–Trinajstić information content (AvgIpc) is 2.74. The minimum atomic E-state index is -3.67. The monoisotopic (exact) mass is 447 g/mol. The summed E-state index contributed by atoms with van der Waals surface area (Å²) >= 11 is 5.94. The summed E-state index contributed by atoms with van der Waals surface area (Å²) in [6, 6.07) is 11.6. The van der Waals surface area contributed by atoms with Gasteiger partial charge in [0, 0.05) is 24.3 Å². The lowest BCUT2D eigenvalue weighted by Crippen LogP contribution is -2.35. The normalized spacial score (nSPS) is 15.4. The van der Waals surface area contributed by atoms with Gasteiger partial charge in [-0.05, 0) is 49.2 Å². The number of nitrogens with one attached hydrogen (secondary N) is 1. The molecular weight excluding hydrogens is 429 g/mol. The van der Waals surface area contributed by atoms with Gasteiger partial charge in [-0.15, -0.1) is 0 Å². The Hall–Kier alpha value is -2.73. The number of nitriles is 1. The number of carbonyl (C=O) groups excluding carboxylic acids is 1. The Labute approximate surface area is 179 Å². The Balaban J connectivity index is 1.84. The number of hydrogen-bond donors (Lipinski definition) is 1. The zero-order chi connectivity index (χ0) is 21.7. The Morgan fingerprint density at radius 2 is 1.87 bits per heavy atom. The molecule has 3 rings (SSSR count). The molecule has 1 aliphatic rings. The van der Waals surface area contributed by atoms with E-state index in [9.17, 15) is 22.9 Å². The van der Waals surface area contributed by atoms with Crippen molar-refractivity contribution in [2.24, 2.45) is 0 Å². The highest BCUT2D eigenvalue weighted by molar-refractivity contribution is 7.89. The van der Waals surface area contributed by atoms with Gasteiger partial charge in [-0.25, -0.2) is 12.8 Å². The molecule has 1 fully saturated rings. The number of benzene rings is 2. The summed E-state index contributed by atoms with van der Waals surface area (Å²) in [5.74, 6) is -1.47. The van der Waals surface area contributed by atoms with E-state index in [0.29, 0.717) is 13.1 Å². The number of sulfonamides is 1. The van der Waals surface area contributed by atoms with E-state index < -0.39 is 21.7 Å². The van der Waals surface area contributed by atoms with E-state index in [2.05, 4.69) is 5.32 Å². The standard InChI is InChI=1S/C21H19ClFN3O3S/c22-19-8-5-9-20(23)18(19)12-15(14-24)21(27)25-16-6-4-7-17(13-16)30(28,29)26-10-2-1-3-11-26/h4-9,12-13H,1-3,10-11H2,(H,25,27)/b15-12-. The van der Waals surface area contributed by atoms with Crippen molar-refractivity contribution in [3.8, 4) is 6.07 Å². The Morgan fingerprint density at radius 1 is 1.17 bits per heavy atom. The molecule has 0 aliphatic carbocycles. The molecule has 9 heteroatoms. The molecule has 156 valence electrons. The van der Waals surface area contributed by atoms with Crippen molar-refractivity contribution < 1.29 is 17.6 Å². The molecule has 2 aromatic rings. The number of rotatable bonds is 5. The number of piperidine rings is 1. The zero-order valence-electron chi connectivity index (χ0n) is 15.9. The SMILES string of the molecule is N#C/C(=C/c1c(F)cccc1Cl)C(=O)Nc1cccc(S(=O)(=O)N2CCCCC2)c1. The highest BCUT2D eigenvalue weighted by Crippen LogP contribution is 2.24. The van der Waals surface area contributed by atoms with Crippen molar-refractivity contribution in [3.05, 3.63) is 64.4 Å². The summed E-state index contributed by atoms with van der Waals surface area (Å²) in [4.78, 5) is 12.6. The van der Waals surface area contributed by atoms with E-state index >= 15 is 0 Å². The van der Waals surface area contributed by atoms with E-state index in [-0.39, 0.29) is 26.7 Å². The van der Waals surface area contributed by atoms with E-state index in [0.717, 1.165) is 25.3 Å². The number of nitrogens with zero attached hydrogens (tertiary/aromatic N) is 2. The number of anilines is 1. The predicted molar refractivity (Wildman–Crippen MR) is 113 cm³/mol. The molecule has 0 spiro atoms. The highest BCUT2D eigenvalue weighted by Gasteiger charge is 2.26. The summed E-state index contributed by atoms with van der Waals surface area (Å²) in [5.41, 5.74) is -0.238. The molecule has 0 saturated carbocycles. The molecule has 1 N–H and O–H groups in total. The minimum Gasteiger partial charge on any atom is -0.321 e. The molecule has 2 aromatic carbocycles. The van der Waals surface area contributed by atoms with Crippen LogP contribution in [0.15, 0.2) is 52.9 Å². The van der Waals surface area contributed by atoms with Gasteiger partial charge in [-0.2, -0.15) is 9.57 Å². The maximum atomic E-state index is 14.0. The van der Waals surface area contributed by atoms with Gasteiger partial charge in [0.1, 0.15) is 17.5 Å². The van der Waals surface area contributed by atoms with Crippen molar-refractivity contribution in [1.82, 2.24) is 4.31 Å². The molecule has 1 saturated heterocycles. The third-order valence-corrected chi connectivity index (χ3v) is 6.92. The van der Waals surface area contributed by atoms with Crippen molar-refractivity contribution >= 4 is 39.3 Å². The topological polar surface area (TPSA) is 90.3 Å². The van der Waals surface area contributed by atoms with Gasteiger partial charge >= 0.3 is 0 Å². The largest absolute Gasteiger partial charge is 0.321 e. The quantitative estimate of drug-likeness (QED) is 0.549. The molecule has 0 radical (unpaired) electrons. The van der Waals surface area contributed by atoms with Crippen LogP contribution in [0, 0.1) is 17.1 Å². The average molecular weight is 448 g/mol. The van der Waals surface area contributed by atoms with Gasteiger partial charge in [0.25, 0.3) is 5.91 Å². The Bertz CT molecular complexity index is 1120. The first-order chi connectivity index (χ1) is 14.3. The third kappa shape index (κ3) is 4.87. The van der Waals surface area contributed by atoms with Gasteiger partial charge in [0.2, 0.25) is 10.0 Å². The minimum absolute atomic E-state index is 0.0573. The second kappa shape index (κ2) is 9.39. The molecule has 0 unspecified atom stereocenters. The van der Waals surface area contributed by atoms with E-state index in [1.165, 1.54) is 46.8 Å². The van der Waals surface area contributed by atoms with Crippen LogP contribution in [0.1, 0.15) is 24.8 Å². The molecule has 1 heterocycles. The first-order valence-corrected chi connectivity index (χ1v) is 11.1. The second-order valence-corrected chi connectivity index (χ2v) is 9.10. The number of hydrogen-bond acceptors (Lipinski definition) is 4. The maximum Gasteiger partial charge on any atom is 0.266 e. The van der Waals surface area contributed by atoms with Crippen LogP contribution >= 0.6 is 11.6 Å². The molecule has 0 bridgehead atoms. The Kier molecular flexibility index (Phi) is 6.87. The fraction of sp³-hybridized carbons (Fsp3) is 0.238. The summed E-state index contributed by atoms with van der Waals surface area (Å²) in [7, 11) is -3.67. The molecule has 6 nitrogen and oxygen atoms in total. The molecular formula is C21H19ClFN3O3S. The molecule has 0 atom stereocenters. The summed E-state index contributed by atoms with van der Waals surface area (Å²) in [5, 5.41) is 11.9. The van der Waals surface area contributed by atoms with Gasteiger partial charge in [0.05, 0.1) is 9.92 Å². The van der Waals surface area contributed by atoms with Crippen LogP contribution in [0.25, 0.3) is 6.08 Å². The molecule has 0 aromatic heterocycles. The van der Waals surface area contributed by atoms with Gasteiger partial charge in [0.15, 0.2) is 0 Å². The number of halogens is 2. The van der Waals surface area contributed by atoms with Crippen LogP contribution in [0.3, 0.4) is 0 Å². The lowest BCUT2D eigenvalue weighted by atomic mass is 10.1. The second-order valence-electron chi connectivity index (χ2n) is 6.75. The summed E-state index contributed by atoms with van der Waals surface area (Å²) in [6.45, 7) is 0.924. The zero-order valence-corrected chi connectivity index (χ0v) is 17.5. The van der Waals surface area contributed by atoms with Gasteiger partial charge in [-0.3, -0.25) is 4.79 Å². The van der Waals surface area contributed by atoms with E-state index in [1.807, 2.05) is 0 Å².